The van der Waals surface area contributed by atoms with Gasteiger partial charge < -0.3 is 32.5 Å². The van der Waals surface area contributed by atoms with Crippen molar-refractivity contribution in [2.75, 3.05) is 0 Å². The Labute approximate surface area is 383 Å². The van der Waals surface area contributed by atoms with E-state index in [2.05, 4.69) is 116 Å². The van der Waals surface area contributed by atoms with Gasteiger partial charge in [0.05, 0.1) is 11.4 Å². The summed E-state index contributed by atoms with van der Waals surface area (Å²) in [5.41, 5.74) is 14.4. The van der Waals surface area contributed by atoms with Crippen molar-refractivity contribution >= 4 is 48.1 Å². The van der Waals surface area contributed by atoms with Gasteiger partial charge in [-0.2, -0.15) is 0 Å². The summed E-state index contributed by atoms with van der Waals surface area (Å²) in [4.78, 5) is 10.3. The molecule has 1 atom stereocenters. The molecule has 4 aromatic carbocycles. The monoisotopic (exact) mass is 954 g/mol. The summed E-state index contributed by atoms with van der Waals surface area (Å²) in [6.07, 6.45) is 12.2. The molecule has 0 saturated heterocycles. The molecule has 5 aliphatic rings. The van der Waals surface area contributed by atoms with E-state index in [9.17, 15) is 0 Å². The van der Waals surface area contributed by atoms with E-state index in [-0.39, 0.29) is 31.1 Å². The Morgan fingerprint density at radius 3 is 1.33 bits per heavy atom. The van der Waals surface area contributed by atoms with Crippen LogP contribution in [0.3, 0.4) is 0 Å². The number of hydrogen-bond acceptors (Lipinski definition) is 6. The van der Waals surface area contributed by atoms with Gasteiger partial charge in [0, 0.05) is 16.5 Å². The van der Waals surface area contributed by atoms with Gasteiger partial charge >= 0.3 is 46.4 Å². The average molecular weight is 957 g/mol. The average Bonchev–Trinajstić information content (AvgIpc) is 4.02. The van der Waals surface area contributed by atoms with Crippen LogP contribution < -0.4 is 20.0 Å². The van der Waals surface area contributed by atoms with E-state index in [1.54, 1.807) is 0 Å². The summed E-state index contributed by atoms with van der Waals surface area (Å²) in [6, 6.07) is 21.8. The second-order valence-corrected chi connectivity index (χ2v) is 26.6. The van der Waals surface area contributed by atoms with Crippen molar-refractivity contribution in [2.45, 2.75) is 147 Å². The van der Waals surface area contributed by atoms with E-state index in [1.165, 1.54) is 73.6 Å². The molecule has 2 heterocycles. The summed E-state index contributed by atoms with van der Waals surface area (Å²) >= 11 is -0.826. The first kappa shape index (κ1) is 46.1. The molecule has 10 rings (SSSR count). The molecule has 0 N–H and O–H groups in total. The van der Waals surface area contributed by atoms with E-state index in [1.807, 2.05) is 0 Å². The van der Waals surface area contributed by atoms with Gasteiger partial charge in [0.15, 0.2) is 11.2 Å². The summed E-state index contributed by atoms with van der Waals surface area (Å²) in [5, 5.41) is 0. The predicted molar refractivity (Wildman–Crippen MR) is 249 cm³/mol. The van der Waals surface area contributed by atoms with Crippen molar-refractivity contribution < 1.29 is 38.5 Å². The topological polar surface area (TPSA) is 69.5 Å². The normalized spacial score (nSPS) is 22.1. The Morgan fingerprint density at radius 2 is 0.918 bits per heavy atom. The fraction of sp³-hybridized carbons (Fsp3) is 0.451. The fourth-order valence-corrected chi connectivity index (χ4v) is 16.7. The second-order valence-electron chi connectivity index (χ2n) is 19.4. The second kappa shape index (κ2) is 17.2. The van der Waals surface area contributed by atoms with Crippen LogP contribution in [0, 0.1) is 42.5 Å². The standard InChI is InChI=1S/C49H56N2O4Si.2CH3.2ClH.Zr/c1-29-15-13-16-30(2)43(29)50-45-46(51-44-31(3)17-14-18-32(44)4)53-40-25-37-35(23-39(40)52-45)47(5,6)27-49(37)28-48(7,8)36-24-41-42(26-38(36)49)55-56(54-41,33-19-9-10-20-33)34-21-11-12-22-34;;;;;/h13-18,23-26,33-34H,9-12,19-22,27-28H2,1-8H3;2*1H3;2*1H;/q;2*-1;;;+4/p-2/t49-;;;;;/m0...../s1. The van der Waals surface area contributed by atoms with Crippen LogP contribution in [-0.2, 0) is 37.1 Å². The summed E-state index contributed by atoms with van der Waals surface area (Å²) in [5.74, 6) is 2.02. The van der Waals surface area contributed by atoms with Crippen molar-refractivity contribution in [1.29, 1.82) is 0 Å². The number of aryl methyl sites for hydroxylation is 4. The summed E-state index contributed by atoms with van der Waals surface area (Å²) in [6.45, 7) is 18.0. The van der Waals surface area contributed by atoms with Gasteiger partial charge in [-0.15, -0.1) is 0 Å². The molecule has 5 aromatic rings. The van der Waals surface area contributed by atoms with E-state index >= 15 is 0 Å². The Hall–Kier alpha value is -2.90. The molecule has 4 aliphatic carbocycles. The third-order valence-electron chi connectivity index (χ3n) is 14.4. The SMILES string of the molecule is Cc1cccc(C)c1N=c1oc2cc3c(cc2oc1=Nc1c(C)cccc1C)[C@@]1(CC(C)(C)c2cc4c(cc21)O[Si](C1CCCC1)(C1CCCC1)O4)CC3(C)C.[CH3-].[CH3-].[Cl][Zr+2][Cl]. The number of fused-ring (bicyclic) bond motifs is 6. The molecule has 6 nitrogen and oxygen atoms in total. The number of para-hydroxylation sites is 2. The van der Waals surface area contributed by atoms with Crippen molar-refractivity contribution in [1.82, 2.24) is 0 Å². The Kier molecular flexibility index (Phi) is 13.0. The zero-order chi connectivity index (χ0) is 41.5. The first-order chi connectivity index (χ1) is 28.2. The van der Waals surface area contributed by atoms with Crippen molar-refractivity contribution in [3.05, 3.63) is 131 Å². The molecule has 0 bridgehead atoms. The van der Waals surface area contributed by atoms with Crippen LogP contribution in [0.25, 0.3) is 11.2 Å². The van der Waals surface area contributed by atoms with E-state index in [0.29, 0.717) is 33.4 Å². The number of rotatable bonds is 4. The Balaban J connectivity index is 0.00000109. The van der Waals surface area contributed by atoms with E-state index < -0.39 is 29.4 Å². The number of benzene rings is 4. The molecule has 0 radical (unpaired) electrons. The van der Waals surface area contributed by atoms with Crippen LogP contribution in [0.15, 0.2) is 79.5 Å². The van der Waals surface area contributed by atoms with Crippen molar-refractivity contribution in [2.24, 2.45) is 9.98 Å². The molecular weight excluding hydrogens is 895 g/mol. The van der Waals surface area contributed by atoms with Gasteiger partial charge in [-0.1, -0.05) is 89.8 Å². The van der Waals surface area contributed by atoms with Crippen LogP contribution >= 0.6 is 17.0 Å². The molecule has 1 spiro atoms. The molecule has 1 aromatic heterocycles. The predicted octanol–water partition coefficient (Wildman–Crippen LogP) is 14.8. The van der Waals surface area contributed by atoms with Gasteiger partial charge in [-0.05, 0) is 146 Å². The molecule has 1 aliphatic heterocycles. The Morgan fingerprint density at radius 1 is 0.574 bits per heavy atom. The van der Waals surface area contributed by atoms with E-state index in [0.717, 1.165) is 58.0 Å². The van der Waals surface area contributed by atoms with Crippen molar-refractivity contribution in [3.63, 3.8) is 0 Å². The molecule has 0 amide bonds. The van der Waals surface area contributed by atoms with Crippen LogP contribution in [0.5, 0.6) is 11.5 Å². The van der Waals surface area contributed by atoms with Crippen LogP contribution in [0.1, 0.15) is 136 Å². The maximum atomic E-state index is 7.40. The van der Waals surface area contributed by atoms with Crippen LogP contribution in [0.2, 0.25) is 11.1 Å². The number of hydrogen-bond donors (Lipinski definition) is 0. The molecule has 2 fully saturated rings. The van der Waals surface area contributed by atoms with Crippen LogP contribution in [0.4, 0.5) is 11.4 Å². The molecule has 2 saturated carbocycles. The summed E-state index contributed by atoms with van der Waals surface area (Å²) in [7, 11) is 7.39. The third kappa shape index (κ3) is 7.80. The fourth-order valence-electron chi connectivity index (χ4n) is 11.9. The number of nitrogens with zero attached hydrogens (tertiary/aromatic N) is 2. The quantitative estimate of drug-likeness (QED) is 0.133. The zero-order valence-corrected chi connectivity index (χ0v) is 42.8. The molecule has 61 heavy (non-hydrogen) atoms. The van der Waals surface area contributed by atoms with Gasteiger partial charge in [-0.3, -0.25) is 0 Å². The number of halogens is 2. The van der Waals surface area contributed by atoms with Gasteiger partial charge in [0.25, 0.3) is 11.1 Å². The molecule has 0 unspecified atom stereocenters. The Bertz CT molecular complexity index is 2560. The first-order valence-electron chi connectivity index (χ1n) is 21.6. The zero-order valence-electron chi connectivity index (χ0n) is 37.8. The third-order valence-corrected chi connectivity index (χ3v) is 18.9. The van der Waals surface area contributed by atoms with E-state index in [4.69, 9.17) is 44.7 Å². The van der Waals surface area contributed by atoms with Gasteiger partial charge in [-0.25, -0.2) is 9.98 Å². The van der Waals surface area contributed by atoms with Crippen molar-refractivity contribution in [3.8, 4) is 11.5 Å². The molecule has 10 heteroatoms. The minimum absolute atomic E-state index is 0. The first-order valence-corrected chi connectivity index (χ1v) is 29.9. The molecular formula is C51H62Cl2N2O4SiZr. The van der Waals surface area contributed by atoms with Gasteiger partial charge in [0.2, 0.25) is 0 Å². The van der Waals surface area contributed by atoms with Gasteiger partial charge in [0.1, 0.15) is 11.5 Å². The van der Waals surface area contributed by atoms with Crippen LogP contribution in [-0.4, -0.2) is 8.56 Å². The summed E-state index contributed by atoms with van der Waals surface area (Å²) < 4.78 is 28.5. The molecule has 322 valence electrons. The maximum absolute atomic E-state index is 7.40. The minimum atomic E-state index is -2.47.